The molecule has 7 nitrogen and oxygen atoms in total. The van der Waals surface area contributed by atoms with E-state index in [4.69, 9.17) is 33.9 Å². The van der Waals surface area contributed by atoms with Crippen molar-refractivity contribution in [2.75, 3.05) is 46.2 Å². The molecule has 0 heterocycles. The Morgan fingerprint density at radius 2 is 0.808 bits per heavy atom. The Balaban J connectivity index is 3.49. The molecule has 0 saturated heterocycles. The van der Waals surface area contributed by atoms with Gasteiger partial charge in [-0.2, -0.15) is 0 Å². The third-order valence-corrected chi connectivity index (χ3v) is 3.70. The van der Waals surface area contributed by atoms with Gasteiger partial charge in [-0.05, 0) is 47.5 Å². The predicted molar refractivity (Wildman–Crippen MR) is 100 cm³/mol. The molecule has 0 radical (unpaired) electrons. The van der Waals surface area contributed by atoms with Crippen molar-refractivity contribution in [3.63, 3.8) is 0 Å². The molecule has 0 saturated carbocycles. The fourth-order valence-electron chi connectivity index (χ4n) is 1.92. The van der Waals surface area contributed by atoms with Crippen LogP contribution in [0.25, 0.3) is 0 Å². The fraction of sp³-hybridized carbons (Fsp3) is 1.00. The highest BCUT2D eigenvalue weighted by molar-refractivity contribution is 4.55. The molecule has 0 amide bonds. The minimum Gasteiger partial charge on any atom is -0.394 e. The van der Waals surface area contributed by atoms with Crippen LogP contribution in [0, 0.1) is 0 Å². The largest absolute Gasteiger partial charge is 0.394 e. The van der Waals surface area contributed by atoms with Crippen molar-refractivity contribution in [3.8, 4) is 0 Å². The lowest BCUT2D eigenvalue weighted by Crippen LogP contribution is -2.26. The maximum absolute atomic E-state index is 8.90. The van der Waals surface area contributed by atoms with Crippen LogP contribution < -0.4 is 0 Å². The van der Waals surface area contributed by atoms with E-state index in [9.17, 15) is 0 Å². The molecule has 158 valence electrons. The van der Waals surface area contributed by atoms with Gasteiger partial charge in [0.05, 0.1) is 63.6 Å². The molecule has 0 fully saturated rings. The van der Waals surface area contributed by atoms with Crippen LogP contribution >= 0.6 is 0 Å². The Bertz CT molecular complexity index is 304. The van der Waals surface area contributed by atoms with E-state index >= 15 is 0 Å². The molecular formula is C19H40O7. The molecule has 0 aromatic carbocycles. The molecule has 5 atom stereocenters. The first-order chi connectivity index (χ1) is 12.4. The van der Waals surface area contributed by atoms with Crippen LogP contribution in [0.15, 0.2) is 0 Å². The van der Waals surface area contributed by atoms with Crippen molar-refractivity contribution in [3.05, 3.63) is 0 Å². The van der Waals surface area contributed by atoms with E-state index < -0.39 is 0 Å². The molecule has 26 heavy (non-hydrogen) atoms. The van der Waals surface area contributed by atoms with Crippen molar-refractivity contribution in [2.24, 2.45) is 0 Å². The number of aliphatic hydroxyl groups excluding tert-OH is 2. The highest BCUT2D eigenvalue weighted by Gasteiger charge is 2.09. The van der Waals surface area contributed by atoms with Crippen LogP contribution in [0.3, 0.4) is 0 Å². The van der Waals surface area contributed by atoms with Crippen LogP contribution in [0.5, 0.6) is 0 Å². The number of hydrogen-bond acceptors (Lipinski definition) is 7. The highest BCUT2D eigenvalue weighted by Crippen LogP contribution is 2.03. The second-order valence-corrected chi connectivity index (χ2v) is 6.87. The number of hydrogen-bond donors (Lipinski definition) is 2. The zero-order chi connectivity index (χ0) is 19.8. The topological polar surface area (TPSA) is 86.6 Å². The quantitative estimate of drug-likeness (QED) is 0.351. The summed E-state index contributed by atoms with van der Waals surface area (Å²) in [5.41, 5.74) is 0. The average Bonchev–Trinajstić information content (AvgIpc) is 2.64. The van der Waals surface area contributed by atoms with Gasteiger partial charge in [0.2, 0.25) is 0 Å². The average molecular weight is 381 g/mol. The summed E-state index contributed by atoms with van der Waals surface area (Å²) in [4.78, 5) is 0. The van der Waals surface area contributed by atoms with Crippen LogP contribution in [0.2, 0.25) is 0 Å². The summed E-state index contributed by atoms with van der Waals surface area (Å²) in [7, 11) is 0. The van der Waals surface area contributed by atoms with E-state index in [0.717, 1.165) is 12.8 Å². The van der Waals surface area contributed by atoms with Gasteiger partial charge in [-0.1, -0.05) is 0 Å². The molecule has 7 heteroatoms. The molecule has 0 aliphatic carbocycles. The molecule has 0 bridgehead atoms. The van der Waals surface area contributed by atoms with E-state index in [-0.39, 0.29) is 43.7 Å². The van der Waals surface area contributed by atoms with Gasteiger partial charge >= 0.3 is 0 Å². The first-order valence-electron chi connectivity index (χ1n) is 9.68. The number of unbranched alkanes of at least 4 members (excludes halogenated alkanes) is 1. The lowest BCUT2D eigenvalue weighted by molar-refractivity contribution is -0.0755. The molecule has 0 rings (SSSR count). The monoisotopic (exact) mass is 380 g/mol. The van der Waals surface area contributed by atoms with Gasteiger partial charge < -0.3 is 33.9 Å². The highest BCUT2D eigenvalue weighted by atomic mass is 16.6. The van der Waals surface area contributed by atoms with Gasteiger partial charge in [0.25, 0.3) is 0 Å². The number of rotatable bonds is 18. The standard InChI is InChI=1S/C19H40O7/c1-15(10-20)24-12-17(3)22-8-6-7-9-23-18(4)13-26-19(5)14-25-16(2)11-21/h15-21H,6-14H2,1-5H3. The second-order valence-electron chi connectivity index (χ2n) is 6.87. The van der Waals surface area contributed by atoms with Gasteiger partial charge in [0, 0.05) is 13.2 Å². The van der Waals surface area contributed by atoms with Gasteiger partial charge in [-0.25, -0.2) is 0 Å². The summed E-state index contributed by atoms with van der Waals surface area (Å²) >= 11 is 0. The molecular weight excluding hydrogens is 340 g/mol. The number of aliphatic hydroxyl groups is 2. The summed E-state index contributed by atoms with van der Waals surface area (Å²) in [5, 5.41) is 17.8. The van der Waals surface area contributed by atoms with E-state index in [0.29, 0.717) is 33.0 Å². The van der Waals surface area contributed by atoms with Crippen molar-refractivity contribution < 1.29 is 33.9 Å². The Labute approximate surface area is 158 Å². The normalized spacial score (nSPS) is 17.7. The van der Waals surface area contributed by atoms with Gasteiger partial charge in [0.15, 0.2) is 0 Å². The Morgan fingerprint density at radius 3 is 1.15 bits per heavy atom. The lowest BCUT2D eigenvalue weighted by Gasteiger charge is -2.19. The zero-order valence-electron chi connectivity index (χ0n) is 17.2. The van der Waals surface area contributed by atoms with Crippen LogP contribution in [0.4, 0.5) is 0 Å². The van der Waals surface area contributed by atoms with Crippen molar-refractivity contribution in [2.45, 2.75) is 78.0 Å². The first-order valence-corrected chi connectivity index (χ1v) is 9.68. The maximum atomic E-state index is 8.90. The lowest BCUT2D eigenvalue weighted by atomic mass is 10.3. The molecule has 0 aromatic heterocycles. The summed E-state index contributed by atoms with van der Waals surface area (Å²) in [5.74, 6) is 0. The van der Waals surface area contributed by atoms with E-state index in [1.54, 1.807) is 0 Å². The maximum Gasteiger partial charge on any atom is 0.0781 e. The molecule has 0 spiro atoms. The Kier molecular flexibility index (Phi) is 16.7. The zero-order valence-corrected chi connectivity index (χ0v) is 17.2. The van der Waals surface area contributed by atoms with Crippen LogP contribution in [0.1, 0.15) is 47.5 Å². The predicted octanol–water partition coefficient (Wildman–Crippen LogP) is 1.78. The summed E-state index contributed by atoms with van der Waals surface area (Å²) in [6.07, 6.45) is 1.57. The first kappa shape index (κ1) is 25.7. The minimum atomic E-state index is -0.163. The molecule has 0 aliphatic heterocycles. The molecule has 0 aliphatic rings. The number of ether oxygens (including phenoxy) is 5. The van der Waals surface area contributed by atoms with Crippen molar-refractivity contribution in [1.82, 2.24) is 0 Å². The SMILES string of the molecule is CC(CO)OCC(C)OCCCCOC(C)COC(C)COC(C)CO. The minimum absolute atomic E-state index is 0.0174. The van der Waals surface area contributed by atoms with E-state index in [1.807, 2.05) is 34.6 Å². The summed E-state index contributed by atoms with van der Waals surface area (Å²) < 4.78 is 27.9. The fourth-order valence-corrected chi connectivity index (χ4v) is 1.92. The van der Waals surface area contributed by atoms with Crippen LogP contribution in [-0.4, -0.2) is 87.0 Å². The Morgan fingerprint density at radius 1 is 0.500 bits per heavy atom. The summed E-state index contributed by atoms with van der Waals surface area (Å²) in [6.45, 7) is 12.4. The molecule has 0 aromatic rings. The van der Waals surface area contributed by atoms with Gasteiger partial charge in [-0.3, -0.25) is 0 Å². The molecule has 5 unspecified atom stereocenters. The van der Waals surface area contributed by atoms with Gasteiger partial charge in [-0.15, -0.1) is 0 Å². The van der Waals surface area contributed by atoms with Crippen molar-refractivity contribution in [1.29, 1.82) is 0 Å². The van der Waals surface area contributed by atoms with Crippen molar-refractivity contribution >= 4 is 0 Å². The van der Waals surface area contributed by atoms with E-state index in [1.165, 1.54) is 0 Å². The molecule has 2 N–H and O–H groups in total. The second kappa shape index (κ2) is 16.9. The van der Waals surface area contributed by atoms with Gasteiger partial charge in [0.1, 0.15) is 0 Å². The third kappa shape index (κ3) is 15.9. The van der Waals surface area contributed by atoms with E-state index in [2.05, 4.69) is 0 Å². The third-order valence-electron chi connectivity index (χ3n) is 3.70. The summed E-state index contributed by atoms with van der Waals surface area (Å²) in [6, 6.07) is 0. The smallest absolute Gasteiger partial charge is 0.0781 e. The Hall–Kier alpha value is -0.280. The van der Waals surface area contributed by atoms with Crippen LogP contribution in [-0.2, 0) is 23.7 Å².